The summed E-state index contributed by atoms with van der Waals surface area (Å²) in [5, 5.41) is 0. The fourth-order valence-corrected chi connectivity index (χ4v) is 3.54. The van der Waals surface area contributed by atoms with Gasteiger partial charge in [-0.3, -0.25) is 9.80 Å². The monoisotopic (exact) mass is 277 g/mol. The summed E-state index contributed by atoms with van der Waals surface area (Å²) in [4.78, 5) is 5.06. The molecule has 3 nitrogen and oxygen atoms in total. The SMILES string of the molecule is NCc1ccc(F)cc1CN1CCC(N2CCCC2)C1. The zero-order valence-electron chi connectivity index (χ0n) is 12.0. The van der Waals surface area contributed by atoms with E-state index < -0.39 is 0 Å². The van der Waals surface area contributed by atoms with Crippen molar-refractivity contribution in [3.8, 4) is 0 Å². The van der Waals surface area contributed by atoms with Gasteiger partial charge in [0.05, 0.1) is 0 Å². The van der Waals surface area contributed by atoms with Crippen molar-refractivity contribution in [3.63, 3.8) is 0 Å². The fraction of sp³-hybridized carbons (Fsp3) is 0.625. The van der Waals surface area contributed by atoms with Gasteiger partial charge in [0.15, 0.2) is 0 Å². The Labute approximate surface area is 120 Å². The first kappa shape index (κ1) is 14.0. The average Bonchev–Trinajstić information content (AvgIpc) is 3.09. The Morgan fingerprint density at radius 1 is 1.15 bits per heavy atom. The number of rotatable bonds is 4. The summed E-state index contributed by atoms with van der Waals surface area (Å²) in [6.45, 7) is 6.05. The van der Waals surface area contributed by atoms with E-state index in [0.29, 0.717) is 12.6 Å². The molecule has 1 unspecified atom stereocenters. The molecule has 3 rings (SSSR count). The van der Waals surface area contributed by atoms with Crippen LogP contribution in [0.2, 0.25) is 0 Å². The fourth-order valence-electron chi connectivity index (χ4n) is 3.54. The Morgan fingerprint density at radius 2 is 1.95 bits per heavy atom. The second kappa shape index (κ2) is 6.20. The number of nitrogens with two attached hydrogens (primary N) is 1. The molecular formula is C16H24FN3. The number of hydrogen-bond donors (Lipinski definition) is 1. The van der Waals surface area contributed by atoms with Gasteiger partial charge in [-0.2, -0.15) is 0 Å². The molecule has 2 fully saturated rings. The third kappa shape index (κ3) is 3.03. The third-order valence-corrected chi connectivity index (χ3v) is 4.69. The molecule has 0 bridgehead atoms. The van der Waals surface area contributed by atoms with E-state index in [1.807, 2.05) is 6.07 Å². The van der Waals surface area contributed by atoms with E-state index in [0.717, 1.165) is 30.8 Å². The van der Waals surface area contributed by atoms with Gasteiger partial charge in [-0.25, -0.2) is 4.39 Å². The van der Waals surface area contributed by atoms with Gasteiger partial charge in [0.2, 0.25) is 0 Å². The molecule has 1 aromatic carbocycles. The average molecular weight is 277 g/mol. The Kier molecular flexibility index (Phi) is 4.34. The van der Waals surface area contributed by atoms with Gasteiger partial charge in [0, 0.05) is 32.2 Å². The van der Waals surface area contributed by atoms with Crippen molar-refractivity contribution < 1.29 is 4.39 Å². The standard InChI is InChI=1S/C16H24FN3/c17-15-4-3-13(10-18)14(9-15)11-19-8-5-16(12-19)20-6-1-2-7-20/h3-4,9,16H,1-2,5-8,10-12,18H2. The van der Waals surface area contributed by atoms with Crippen LogP contribution in [-0.2, 0) is 13.1 Å². The maximum Gasteiger partial charge on any atom is 0.123 e. The molecule has 0 spiro atoms. The molecule has 20 heavy (non-hydrogen) atoms. The first-order chi connectivity index (χ1) is 9.76. The van der Waals surface area contributed by atoms with Crippen LogP contribution in [0.1, 0.15) is 30.4 Å². The third-order valence-electron chi connectivity index (χ3n) is 4.69. The van der Waals surface area contributed by atoms with Gasteiger partial charge in [0.25, 0.3) is 0 Å². The first-order valence-corrected chi connectivity index (χ1v) is 7.70. The first-order valence-electron chi connectivity index (χ1n) is 7.70. The van der Waals surface area contributed by atoms with E-state index in [-0.39, 0.29) is 5.82 Å². The van der Waals surface area contributed by atoms with Crippen molar-refractivity contribution in [2.24, 2.45) is 5.73 Å². The lowest BCUT2D eigenvalue weighted by atomic mass is 10.1. The van der Waals surface area contributed by atoms with Gasteiger partial charge < -0.3 is 5.73 Å². The molecule has 2 aliphatic heterocycles. The van der Waals surface area contributed by atoms with Gasteiger partial charge >= 0.3 is 0 Å². The summed E-state index contributed by atoms with van der Waals surface area (Å²) in [7, 11) is 0. The van der Waals surface area contributed by atoms with E-state index in [4.69, 9.17) is 5.73 Å². The van der Waals surface area contributed by atoms with Crippen molar-refractivity contribution in [1.82, 2.24) is 9.80 Å². The predicted molar refractivity (Wildman–Crippen MR) is 78.8 cm³/mol. The smallest absolute Gasteiger partial charge is 0.123 e. The highest BCUT2D eigenvalue weighted by Crippen LogP contribution is 2.23. The molecule has 2 aliphatic rings. The van der Waals surface area contributed by atoms with Crippen LogP contribution < -0.4 is 5.73 Å². The number of likely N-dealkylation sites (tertiary alicyclic amines) is 2. The van der Waals surface area contributed by atoms with Crippen LogP contribution >= 0.6 is 0 Å². The van der Waals surface area contributed by atoms with Gasteiger partial charge in [-0.1, -0.05) is 6.07 Å². The Balaban J connectivity index is 1.62. The molecule has 0 aromatic heterocycles. The summed E-state index contributed by atoms with van der Waals surface area (Å²) in [6, 6.07) is 5.67. The summed E-state index contributed by atoms with van der Waals surface area (Å²) < 4.78 is 13.4. The van der Waals surface area contributed by atoms with E-state index in [2.05, 4.69) is 9.80 Å². The molecule has 2 heterocycles. The normalized spacial score (nSPS) is 24.6. The van der Waals surface area contributed by atoms with Crippen molar-refractivity contribution in [2.75, 3.05) is 26.2 Å². The molecule has 1 aromatic rings. The molecular weight excluding hydrogens is 253 g/mol. The summed E-state index contributed by atoms with van der Waals surface area (Å²) >= 11 is 0. The van der Waals surface area contributed by atoms with Crippen LogP contribution in [0.25, 0.3) is 0 Å². The highest BCUT2D eigenvalue weighted by Gasteiger charge is 2.29. The highest BCUT2D eigenvalue weighted by atomic mass is 19.1. The van der Waals surface area contributed by atoms with Crippen LogP contribution in [0, 0.1) is 5.82 Å². The summed E-state index contributed by atoms with van der Waals surface area (Å²) in [6.07, 6.45) is 3.93. The maximum atomic E-state index is 13.4. The van der Waals surface area contributed by atoms with Gasteiger partial charge in [-0.05, 0) is 55.6 Å². The molecule has 1 atom stereocenters. The van der Waals surface area contributed by atoms with Crippen molar-refractivity contribution in [1.29, 1.82) is 0 Å². The quantitative estimate of drug-likeness (QED) is 0.913. The Morgan fingerprint density at radius 3 is 2.70 bits per heavy atom. The minimum absolute atomic E-state index is 0.160. The Bertz CT molecular complexity index is 457. The zero-order chi connectivity index (χ0) is 13.9. The number of halogens is 1. The molecule has 2 N–H and O–H groups in total. The van der Waals surface area contributed by atoms with Crippen LogP contribution in [0.15, 0.2) is 18.2 Å². The highest BCUT2D eigenvalue weighted by molar-refractivity contribution is 5.27. The lowest BCUT2D eigenvalue weighted by molar-refractivity contribution is 0.229. The topological polar surface area (TPSA) is 32.5 Å². The molecule has 4 heteroatoms. The maximum absolute atomic E-state index is 13.4. The van der Waals surface area contributed by atoms with Crippen LogP contribution in [0.3, 0.4) is 0 Å². The number of benzene rings is 1. The zero-order valence-corrected chi connectivity index (χ0v) is 12.0. The second-order valence-corrected chi connectivity index (χ2v) is 6.04. The van der Waals surface area contributed by atoms with Gasteiger partial charge in [0.1, 0.15) is 5.82 Å². The van der Waals surface area contributed by atoms with Crippen LogP contribution in [0.5, 0.6) is 0 Å². The number of nitrogens with zero attached hydrogens (tertiary/aromatic N) is 2. The lowest BCUT2D eigenvalue weighted by Crippen LogP contribution is -2.35. The summed E-state index contributed by atoms with van der Waals surface area (Å²) in [5.41, 5.74) is 7.87. The largest absolute Gasteiger partial charge is 0.326 e. The predicted octanol–water partition coefficient (Wildman–Crippen LogP) is 1.95. The molecule has 0 saturated carbocycles. The van der Waals surface area contributed by atoms with Crippen molar-refractivity contribution in [3.05, 3.63) is 35.1 Å². The van der Waals surface area contributed by atoms with Crippen LogP contribution in [0.4, 0.5) is 4.39 Å². The molecule has 0 amide bonds. The van der Waals surface area contributed by atoms with Crippen LogP contribution in [-0.4, -0.2) is 42.0 Å². The molecule has 110 valence electrons. The minimum Gasteiger partial charge on any atom is -0.326 e. The lowest BCUT2D eigenvalue weighted by Gasteiger charge is -2.24. The molecule has 0 aliphatic carbocycles. The van der Waals surface area contributed by atoms with E-state index >= 15 is 0 Å². The van der Waals surface area contributed by atoms with E-state index in [1.165, 1.54) is 38.4 Å². The Hall–Kier alpha value is -0.970. The van der Waals surface area contributed by atoms with E-state index in [9.17, 15) is 4.39 Å². The van der Waals surface area contributed by atoms with E-state index in [1.54, 1.807) is 6.07 Å². The second-order valence-electron chi connectivity index (χ2n) is 6.04. The van der Waals surface area contributed by atoms with Crippen molar-refractivity contribution >= 4 is 0 Å². The van der Waals surface area contributed by atoms with Crippen molar-refractivity contribution in [2.45, 2.75) is 38.4 Å². The number of hydrogen-bond acceptors (Lipinski definition) is 3. The summed E-state index contributed by atoms with van der Waals surface area (Å²) in [5.74, 6) is -0.160. The molecule has 2 saturated heterocycles. The van der Waals surface area contributed by atoms with Gasteiger partial charge in [-0.15, -0.1) is 0 Å². The minimum atomic E-state index is -0.160. The molecule has 0 radical (unpaired) electrons.